The molecule has 0 spiro atoms. The van der Waals surface area contributed by atoms with E-state index in [1.165, 1.54) is 0 Å². The Morgan fingerprint density at radius 2 is 2.11 bits per heavy atom. The summed E-state index contributed by atoms with van der Waals surface area (Å²) in [6, 6.07) is 0. The summed E-state index contributed by atoms with van der Waals surface area (Å²) in [5, 5.41) is 11.6. The van der Waals surface area contributed by atoms with Crippen molar-refractivity contribution < 1.29 is 4.92 Å². The third kappa shape index (κ3) is 2.09. The zero-order valence-corrected chi connectivity index (χ0v) is 11.7. The number of nitro groups is 1. The van der Waals surface area contributed by atoms with E-state index in [0.717, 1.165) is 5.82 Å². The molecule has 102 valence electrons. The summed E-state index contributed by atoms with van der Waals surface area (Å²) in [6.07, 6.45) is 8.63. The van der Waals surface area contributed by atoms with Crippen LogP contribution in [0.15, 0.2) is 30.5 Å². The first-order valence-corrected chi connectivity index (χ1v) is 6.35. The van der Waals surface area contributed by atoms with Crippen LogP contribution in [0, 0.1) is 16.0 Å². The first kappa shape index (κ1) is 13.5. The van der Waals surface area contributed by atoms with E-state index in [2.05, 4.69) is 9.97 Å². The molecule has 5 nitrogen and oxygen atoms in total. The Kier molecular flexibility index (Phi) is 3.08. The van der Waals surface area contributed by atoms with Crippen LogP contribution in [0.3, 0.4) is 0 Å². The summed E-state index contributed by atoms with van der Waals surface area (Å²) >= 11 is 0. The van der Waals surface area contributed by atoms with Gasteiger partial charge in [-0.2, -0.15) is 0 Å². The van der Waals surface area contributed by atoms with E-state index >= 15 is 0 Å². The molecule has 19 heavy (non-hydrogen) atoms. The second-order valence-electron chi connectivity index (χ2n) is 6.01. The van der Waals surface area contributed by atoms with E-state index < -0.39 is 5.54 Å². The van der Waals surface area contributed by atoms with Crippen molar-refractivity contribution in [3.05, 3.63) is 52.1 Å². The fourth-order valence-electron chi connectivity index (χ4n) is 2.30. The molecule has 0 amide bonds. The Morgan fingerprint density at radius 1 is 1.42 bits per heavy atom. The monoisotopic (exact) mass is 261 g/mol. The van der Waals surface area contributed by atoms with Gasteiger partial charge >= 0.3 is 0 Å². The van der Waals surface area contributed by atoms with Crippen molar-refractivity contribution in [1.82, 2.24) is 9.97 Å². The van der Waals surface area contributed by atoms with Crippen LogP contribution in [0.4, 0.5) is 0 Å². The van der Waals surface area contributed by atoms with Gasteiger partial charge in [0.15, 0.2) is 0 Å². The Bertz CT molecular complexity index is 551. The predicted molar refractivity (Wildman–Crippen MR) is 73.4 cm³/mol. The summed E-state index contributed by atoms with van der Waals surface area (Å²) in [7, 11) is 0. The van der Waals surface area contributed by atoms with Crippen molar-refractivity contribution in [2.24, 2.45) is 5.92 Å². The van der Waals surface area contributed by atoms with Gasteiger partial charge in [-0.25, -0.2) is 4.98 Å². The zero-order valence-electron chi connectivity index (χ0n) is 11.7. The molecule has 0 fully saturated rings. The number of H-pyrrole nitrogens is 1. The van der Waals surface area contributed by atoms with E-state index in [-0.39, 0.29) is 16.3 Å². The largest absolute Gasteiger partial charge is 0.339 e. The molecule has 0 saturated carbocycles. The number of allylic oxidation sites excluding steroid dienone is 2. The predicted octanol–water partition coefficient (Wildman–Crippen LogP) is 2.94. The number of nitrogens with zero attached hydrogens (tertiary/aromatic N) is 2. The van der Waals surface area contributed by atoms with Gasteiger partial charge in [-0.1, -0.05) is 45.9 Å². The highest BCUT2D eigenvalue weighted by atomic mass is 16.6. The number of imidazole rings is 1. The lowest BCUT2D eigenvalue weighted by molar-refractivity contribution is -0.572. The van der Waals surface area contributed by atoms with E-state index in [1.54, 1.807) is 18.3 Å². The third-order valence-electron chi connectivity index (χ3n) is 3.58. The molecule has 1 aromatic rings. The molecule has 0 aromatic carbocycles. The fourth-order valence-corrected chi connectivity index (χ4v) is 2.30. The van der Waals surface area contributed by atoms with E-state index in [4.69, 9.17) is 0 Å². The topological polar surface area (TPSA) is 71.8 Å². The third-order valence-corrected chi connectivity index (χ3v) is 3.58. The molecule has 1 N–H and O–H groups in total. The number of aromatic amines is 1. The second-order valence-corrected chi connectivity index (χ2v) is 6.01. The smallest absolute Gasteiger partial charge is 0.287 e. The molecule has 5 heteroatoms. The molecule has 0 aliphatic heterocycles. The molecule has 0 saturated heterocycles. The lowest BCUT2D eigenvalue weighted by atomic mass is 9.80. The summed E-state index contributed by atoms with van der Waals surface area (Å²) in [4.78, 5) is 18.8. The molecule has 0 radical (unpaired) electrons. The van der Waals surface area contributed by atoms with Gasteiger partial charge in [-0.3, -0.25) is 10.1 Å². The number of rotatable bonds is 2. The van der Waals surface area contributed by atoms with Crippen molar-refractivity contribution in [2.45, 2.75) is 38.6 Å². The van der Waals surface area contributed by atoms with E-state index in [1.807, 2.05) is 39.8 Å². The van der Waals surface area contributed by atoms with Crippen molar-refractivity contribution in [2.75, 3.05) is 0 Å². The highest BCUT2D eigenvalue weighted by Crippen LogP contribution is 2.37. The number of hydrogen-bond donors (Lipinski definition) is 1. The minimum Gasteiger partial charge on any atom is -0.339 e. The van der Waals surface area contributed by atoms with Crippen molar-refractivity contribution in [3.8, 4) is 0 Å². The average Bonchev–Trinajstić information content (AvgIpc) is 2.78. The van der Waals surface area contributed by atoms with Gasteiger partial charge in [0.05, 0.1) is 12.1 Å². The van der Waals surface area contributed by atoms with Crippen LogP contribution in [0.1, 0.15) is 39.2 Å². The van der Waals surface area contributed by atoms with E-state index in [0.29, 0.717) is 5.69 Å². The summed E-state index contributed by atoms with van der Waals surface area (Å²) in [5.74, 6) is 0.541. The normalized spacial score (nSPS) is 26.6. The van der Waals surface area contributed by atoms with Gasteiger partial charge in [0.1, 0.15) is 11.5 Å². The number of aromatic nitrogens is 2. The van der Waals surface area contributed by atoms with Gasteiger partial charge in [-0.15, -0.1) is 0 Å². The Hall–Kier alpha value is -1.91. The average molecular weight is 261 g/mol. The van der Waals surface area contributed by atoms with Gasteiger partial charge in [0.25, 0.3) is 5.54 Å². The van der Waals surface area contributed by atoms with Crippen LogP contribution in [-0.2, 0) is 11.0 Å². The highest BCUT2D eigenvalue weighted by molar-refractivity contribution is 5.29. The maximum atomic E-state index is 11.6. The molecular formula is C14H19N3O2. The first-order chi connectivity index (χ1) is 8.78. The molecule has 2 rings (SSSR count). The summed E-state index contributed by atoms with van der Waals surface area (Å²) < 4.78 is 0. The Balaban J connectivity index is 2.53. The lowest BCUT2D eigenvalue weighted by Gasteiger charge is -2.27. The maximum Gasteiger partial charge on any atom is 0.287 e. The van der Waals surface area contributed by atoms with Crippen molar-refractivity contribution >= 4 is 0 Å². The van der Waals surface area contributed by atoms with Gasteiger partial charge < -0.3 is 4.98 Å². The minimum absolute atomic E-state index is 0.159. The standard InChI is InChI=1S/C14H19N3O2/c1-10-7-5-6-8-14(10,17(18)19)11-9-15-12(16-11)13(2,3)4/h5-10H,1-4H3,(H,15,16). The fraction of sp³-hybridized carbons (Fsp3) is 0.500. The second kappa shape index (κ2) is 4.33. The number of nitrogens with one attached hydrogen (secondary N) is 1. The van der Waals surface area contributed by atoms with E-state index in [9.17, 15) is 10.1 Å². The van der Waals surface area contributed by atoms with Crippen LogP contribution < -0.4 is 0 Å². The zero-order chi connectivity index (χ0) is 14.3. The summed E-state index contributed by atoms with van der Waals surface area (Å²) in [5.41, 5.74) is -0.866. The highest BCUT2D eigenvalue weighted by Gasteiger charge is 2.49. The molecular weight excluding hydrogens is 242 g/mol. The van der Waals surface area contributed by atoms with Crippen molar-refractivity contribution in [1.29, 1.82) is 0 Å². The summed E-state index contributed by atoms with van der Waals surface area (Å²) in [6.45, 7) is 7.91. The molecule has 1 aliphatic carbocycles. The minimum atomic E-state index is -1.24. The number of hydrogen-bond acceptors (Lipinski definition) is 3. The Labute approximate surface area is 112 Å². The molecule has 2 unspecified atom stereocenters. The SMILES string of the molecule is CC1C=CC=CC1(c1cnc(C(C)(C)C)[nH]1)[N+](=O)[O-]. The van der Waals surface area contributed by atoms with Crippen LogP contribution in [0.5, 0.6) is 0 Å². The van der Waals surface area contributed by atoms with Gasteiger partial charge in [0, 0.05) is 10.3 Å². The maximum absolute atomic E-state index is 11.6. The molecule has 1 aromatic heterocycles. The van der Waals surface area contributed by atoms with Crippen LogP contribution in [0.25, 0.3) is 0 Å². The quantitative estimate of drug-likeness (QED) is 0.657. The van der Waals surface area contributed by atoms with Crippen LogP contribution >= 0.6 is 0 Å². The van der Waals surface area contributed by atoms with Crippen molar-refractivity contribution in [3.63, 3.8) is 0 Å². The molecule has 2 atom stereocenters. The molecule has 1 aliphatic rings. The van der Waals surface area contributed by atoms with Gasteiger partial charge in [0.2, 0.25) is 0 Å². The first-order valence-electron chi connectivity index (χ1n) is 6.35. The molecule has 0 bridgehead atoms. The molecule has 1 heterocycles. The van der Waals surface area contributed by atoms with Crippen LogP contribution in [0.2, 0.25) is 0 Å². The van der Waals surface area contributed by atoms with Gasteiger partial charge in [-0.05, 0) is 6.08 Å². The Morgan fingerprint density at radius 3 is 2.58 bits per heavy atom. The lowest BCUT2D eigenvalue weighted by Crippen LogP contribution is -2.40. The van der Waals surface area contributed by atoms with Crippen LogP contribution in [-0.4, -0.2) is 14.9 Å².